The molecule has 5 heteroatoms. The summed E-state index contributed by atoms with van der Waals surface area (Å²) >= 11 is 0. The number of hydrazine groups is 1. The van der Waals surface area contributed by atoms with Crippen LogP contribution in [0.2, 0.25) is 0 Å². The maximum atomic E-state index is 6.47. The maximum absolute atomic E-state index is 6.47. The fourth-order valence-corrected chi connectivity index (χ4v) is 6.36. The van der Waals surface area contributed by atoms with Crippen molar-refractivity contribution in [3.05, 3.63) is 176 Å². The van der Waals surface area contributed by atoms with Crippen molar-refractivity contribution in [1.29, 1.82) is 0 Å². The number of fused-ring (bicyclic) bond motifs is 1. The third kappa shape index (κ3) is 5.91. The van der Waals surface area contributed by atoms with Gasteiger partial charge in [0.1, 0.15) is 0 Å². The van der Waals surface area contributed by atoms with Gasteiger partial charge in [-0.15, -0.1) is 0 Å². The number of benzene rings is 7. The lowest BCUT2D eigenvalue weighted by Crippen LogP contribution is -2.25. The summed E-state index contributed by atoms with van der Waals surface area (Å²) in [5.74, 6) is 7.16. The third-order valence-corrected chi connectivity index (χ3v) is 8.88. The number of nitrogens with two attached hydrogens (primary N) is 2. The zero-order chi connectivity index (χ0) is 33.2. The van der Waals surface area contributed by atoms with Crippen molar-refractivity contribution in [2.45, 2.75) is 0 Å². The average molecular weight is 632 g/mol. The van der Waals surface area contributed by atoms with Crippen LogP contribution in [0, 0.1) is 0 Å². The molecule has 49 heavy (non-hydrogen) atoms. The summed E-state index contributed by atoms with van der Waals surface area (Å²) in [6, 6.07) is 60.0. The Bertz CT molecular complexity index is 2320. The summed E-state index contributed by atoms with van der Waals surface area (Å²) in [5, 5.41) is 3.99. The summed E-state index contributed by atoms with van der Waals surface area (Å²) in [4.78, 5) is 10.0. The lowest BCUT2D eigenvalue weighted by atomic mass is 9.91. The Morgan fingerprint density at radius 1 is 0.429 bits per heavy atom. The van der Waals surface area contributed by atoms with Crippen molar-refractivity contribution >= 4 is 27.8 Å². The van der Waals surface area contributed by atoms with E-state index in [1.54, 1.807) is 5.01 Å². The molecule has 0 amide bonds. The molecule has 0 aliphatic rings. The van der Waals surface area contributed by atoms with Gasteiger partial charge in [0.25, 0.3) is 0 Å². The number of rotatable bonds is 7. The van der Waals surface area contributed by atoms with Crippen LogP contribution in [0.5, 0.6) is 0 Å². The first kappa shape index (κ1) is 29.8. The lowest BCUT2D eigenvalue weighted by molar-refractivity contribution is 1.09. The molecule has 0 saturated carbocycles. The highest BCUT2D eigenvalue weighted by Gasteiger charge is 2.14. The van der Waals surface area contributed by atoms with Crippen LogP contribution in [-0.2, 0) is 0 Å². The molecule has 0 saturated heterocycles. The van der Waals surface area contributed by atoms with Crippen LogP contribution in [0.25, 0.3) is 66.9 Å². The van der Waals surface area contributed by atoms with E-state index in [1.165, 1.54) is 10.8 Å². The largest absolute Gasteiger partial charge is 0.397 e. The van der Waals surface area contributed by atoms with Crippen LogP contribution in [0.1, 0.15) is 0 Å². The summed E-state index contributed by atoms with van der Waals surface area (Å²) in [6.07, 6.45) is 0. The highest BCUT2D eigenvalue weighted by molar-refractivity contribution is 6.06. The van der Waals surface area contributed by atoms with Gasteiger partial charge in [-0.25, -0.2) is 15.8 Å². The third-order valence-electron chi connectivity index (χ3n) is 8.88. The molecule has 8 rings (SSSR count). The molecule has 0 unspecified atom stereocenters. The minimum absolute atomic E-state index is 0.630. The van der Waals surface area contributed by atoms with Gasteiger partial charge in [-0.1, -0.05) is 146 Å². The molecule has 234 valence electrons. The van der Waals surface area contributed by atoms with Crippen LogP contribution in [0.15, 0.2) is 176 Å². The van der Waals surface area contributed by atoms with Gasteiger partial charge in [0, 0.05) is 16.7 Å². The van der Waals surface area contributed by atoms with Crippen molar-refractivity contribution in [2.24, 2.45) is 5.84 Å². The molecular formula is C44H33N5. The number of hydrogen-bond acceptors (Lipinski definition) is 5. The van der Waals surface area contributed by atoms with E-state index in [1.807, 2.05) is 72.8 Å². The summed E-state index contributed by atoms with van der Waals surface area (Å²) in [6.45, 7) is 0. The van der Waals surface area contributed by atoms with Crippen LogP contribution in [0.4, 0.5) is 17.1 Å². The van der Waals surface area contributed by atoms with Gasteiger partial charge >= 0.3 is 0 Å². The van der Waals surface area contributed by atoms with Crippen LogP contribution >= 0.6 is 0 Å². The second kappa shape index (κ2) is 12.9. The molecule has 0 aliphatic carbocycles. The van der Waals surface area contributed by atoms with E-state index in [-0.39, 0.29) is 0 Å². The number of anilines is 3. The maximum Gasteiger partial charge on any atom is 0.160 e. The zero-order valence-corrected chi connectivity index (χ0v) is 26.7. The number of aromatic nitrogens is 2. The first-order valence-electron chi connectivity index (χ1n) is 16.2. The first-order chi connectivity index (χ1) is 24.1. The first-order valence-corrected chi connectivity index (χ1v) is 16.2. The van der Waals surface area contributed by atoms with E-state index in [0.29, 0.717) is 11.5 Å². The molecule has 0 bridgehead atoms. The molecule has 0 atom stereocenters. The summed E-state index contributed by atoms with van der Waals surface area (Å²) < 4.78 is 0. The van der Waals surface area contributed by atoms with Gasteiger partial charge in [-0.3, -0.25) is 5.01 Å². The SMILES string of the molecule is Nc1ccccc1N(N)c1ccc(-c2cccc3cccc(-c4ccc(-c5nc(-c6ccccc6)cc(-c6ccccc6)n5)cc4)c23)cc1. The van der Waals surface area contributed by atoms with E-state index in [0.717, 1.165) is 61.7 Å². The number of para-hydroxylation sites is 2. The van der Waals surface area contributed by atoms with Crippen molar-refractivity contribution in [3.8, 4) is 56.2 Å². The van der Waals surface area contributed by atoms with E-state index < -0.39 is 0 Å². The number of nitrogen functional groups attached to an aromatic ring is 1. The Morgan fingerprint density at radius 3 is 1.47 bits per heavy atom. The monoisotopic (exact) mass is 631 g/mol. The standard InChI is InChI=1S/C44H33N5/c45-39-19-7-8-20-42(39)49(46)36-27-25-31(26-28-36)38-18-10-16-34-15-9-17-37(43(34)38)30-21-23-35(24-22-30)44-47-40(32-11-3-1-4-12-32)29-41(48-44)33-13-5-2-6-14-33/h1-29H,45-46H2. The van der Waals surface area contributed by atoms with E-state index in [9.17, 15) is 0 Å². The summed E-state index contributed by atoms with van der Waals surface area (Å²) in [5.41, 5.74) is 17.8. The van der Waals surface area contributed by atoms with Crippen molar-refractivity contribution in [2.75, 3.05) is 10.7 Å². The molecule has 1 heterocycles. The molecule has 8 aromatic rings. The minimum atomic E-state index is 0.630. The van der Waals surface area contributed by atoms with Crippen LogP contribution < -0.4 is 16.6 Å². The van der Waals surface area contributed by atoms with Gasteiger partial charge in [-0.2, -0.15) is 0 Å². The molecule has 7 aromatic carbocycles. The van der Waals surface area contributed by atoms with Gasteiger partial charge in [0.2, 0.25) is 0 Å². The average Bonchev–Trinajstić information content (AvgIpc) is 3.18. The van der Waals surface area contributed by atoms with E-state index in [2.05, 4.69) is 103 Å². The highest BCUT2D eigenvalue weighted by Crippen LogP contribution is 2.38. The molecule has 1 aromatic heterocycles. The van der Waals surface area contributed by atoms with Crippen LogP contribution in [-0.4, -0.2) is 9.97 Å². The fraction of sp³-hybridized carbons (Fsp3) is 0. The highest BCUT2D eigenvalue weighted by atomic mass is 15.4. The molecule has 5 nitrogen and oxygen atoms in total. The molecule has 0 spiro atoms. The fourth-order valence-electron chi connectivity index (χ4n) is 6.36. The quantitative estimate of drug-likeness (QED) is 0.104. The van der Waals surface area contributed by atoms with E-state index in [4.69, 9.17) is 21.5 Å². The minimum Gasteiger partial charge on any atom is -0.397 e. The van der Waals surface area contributed by atoms with Gasteiger partial charge < -0.3 is 5.73 Å². The smallest absolute Gasteiger partial charge is 0.160 e. The molecule has 0 fully saturated rings. The summed E-state index contributed by atoms with van der Waals surface area (Å²) in [7, 11) is 0. The van der Waals surface area contributed by atoms with Crippen molar-refractivity contribution in [3.63, 3.8) is 0 Å². The number of hydrogen-bond donors (Lipinski definition) is 2. The van der Waals surface area contributed by atoms with Crippen molar-refractivity contribution < 1.29 is 0 Å². The Balaban J connectivity index is 1.17. The predicted molar refractivity (Wildman–Crippen MR) is 204 cm³/mol. The molecule has 0 radical (unpaired) electrons. The number of nitrogens with zero attached hydrogens (tertiary/aromatic N) is 3. The Hall–Kier alpha value is -6.56. The van der Waals surface area contributed by atoms with Crippen molar-refractivity contribution in [1.82, 2.24) is 9.97 Å². The van der Waals surface area contributed by atoms with Crippen LogP contribution in [0.3, 0.4) is 0 Å². The molecule has 0 aliphatic heterocycles. The predicted octanol–water partition coefficient (Wildman–Crippen LogP) is 10.6. The Morgan fingerprint density at radius 2 is 0.918 bits per heavy atom. The van der Waals surface area contributed by atoms with E-state index >= 15 is 0 Å². The van der Waals surface area contributed by atoms with Gasteiger partial charge in [0.15, 0.2) is 5.82 Å². The van der Waals surface area contributed by atoms with Gasteiger partial charge in [-0.05, 0) is 63.4 Å². The zero-order valence-electron chi connectivity index (χ0n) is 26.7. The second-order valence-corrected chi connectivity index (χ2v) is 12.0. The second-order valence-electron chi connectivity index (χ2n) is 12.0. The normalized spacial score (nSPS) is 11.0. The molecule has 4 N–H and O–H groups in total. The Kier molecular flexibility index (Phi) is 7.86. The lowest BCUT2D eigenvalue weighted by Gasteiger charge is -2.21. The topological polar surface area (TPSA) is 81.1 Å². The van der Waals surface area contributed by atoms with Gasteiger partial charge in [0.05, 0.1) is 28.5 Å². The Labute approximate surface area is 285 Å². The molecular weight excluding hydrogens is 599 g/mol.